The van der Waals surface area contributed by atoms with Gasteiger partial charge in [-0.15, -0.1) is 45.3 Å². The van der Waals surface area contributed by atoms with Crippen molar-refractivity contribution in [2.75, 3.05) is 0 Å². The van der Waals surface area contributed by atoms with Gasteiger partial charge in [-0.1, -0.05) is 163 Å². The first-order valence-electron chi connectivity index (χ1n) is 24.1. The minimum atomic E-state index is -1.57. The summed E-state index contributed by atoms with van der Waals surface area (Å²) in [7, 11) is -3.14. The fourth-order valence-corrected chi connectivity index (χ4v) is 24.3. The van der Waals surface area contributed by atoms with E-state index in [2.05, 4.69) is 111 Å². The highest BCUT2D eigenvalue weighted by Crippen LogP contribution is 2.45. The fourth-order valence-electron chi connectivity index (χ4n) is 9.89. The molecule has 0 saturated carbocycles. The van der Waals surface area contributed by atoms with Crippen LogP contribution in [-0.2, 0) is 17.0 Å². The Morgan fingerprint density at radius 1 is 0.344 bits per heavy atom. The number of fused-ring (bicyclic) bond motifs is 10. The summed E-state index contributed by atoms with van der Waals surface area (Å²) in [6.07, 6.45) is 27.4. The molecule has 4 aromatic carbocycles. The lowest BCUT2D eigenvalue weighted by Crippen LogP contribution is -2.44. The van der Waals surface area contributed by atoms with Gasteiger partial charge in [0.1, 0.15) is 0 Å². The Balaban J connectivity index is 0.600. The molecule has 0 atom stereocenters. The quantitative estimate of drug-likeness (QED) is 0.0388. The Bertz CT molecular complexity index is 2440. The summed E-state index contributed by atoms with van der Waals surface area (Å²) >= 11 is 7.89. The lowest BCUT2D eigenvalue weighted by atomic mass is 10.0. The van der Waals surface area contributed by atoms with E-state index in [-0.39, 0.29) is 0 Å². The van der Waals surface area contributed by atoms with Crippen LogP contribution in [0.1, 0.15) is 127 Å². The SMILES string of the molecule is C[Si](C)(CCCCCCCCCCCc1ccc2c(c1)sc1c3ccccc3sc21)O[Si](C)(C)CCCCCCCCCCCc1ccc2c(c1)sc1c3ccccc3sc21. The van der Waals surface area contributed by atoms with Gasteiger partial charge in [0, 0.05) is 40.3 Å². The molecule has 0 aliphatic carbocycles. The summed E-state index contributed by atoms with van der Waals surface area (Å²) in [6.45, 7) is 9.99. The van der Waals surface area contributed by atoms with E-state index in [1.807, 2.05) is 45.3 Å². The van der Waals surface area contributed by atoms with Gasteiger partial charge in [0.05, 0.1) is 18.8 Å². The molecule has 1 nitrogen and oxygen atoms in total. The van der Waals surface area contributed by atoms with Crippen molar-refractivity contribution < 1.29 is 4.12 Å². The number of benzene rings is 4. The molecule has 61 heavy (non-hydrogen) atoms. The van der Waals surface area contributed by atoms with Crippen LogP contribution >= 0.6 is 45.3 Å². The third-order valence-corrected chi connectivity index (χ3v) is 25.7. The summed E-state index contributed by atoms with van der Waals surface area (Å²) < 4.78 is 18.7. The summed E-state index contributed by atoms with van der Waals surface area (Å²) in [5.41, 5.74) is 3.03. The van der Waals surface area contributed by atoms with E-state index in [4.69, 9.17) is 4.12 Å². The summed E-state index contributed by atoms with van der Waals surface area (Å²) in [5, 5.41) is 5.76. The van der Waals surface area contributed by atoms with E-state index < -0.39 is 16.6 Å². The second kappa shape index (κ2) is 21.5. The molecule has 4 aromatic heterocycles. The zero-order chi connectivity index (χ0) is 42.1. The van der Waals surface area contributed by atoms with E-state index in [9.17, 15) is 0 Å². The normalized spacial score (nSPS) is 12.8. The lowest BCUT2D eigenvalue weighted by molar-refractivity contribution is 0.515. The van der Waals surface area contributed by atoms with Crippen molar-refractivity contribution in [2.24, 2.45) is 0 Å². The topological polar surface area (TPSA) is 9.23 Å². The van der Waals surface area contributed by atoms with Crippen LogP contribution in [0.4, 0.5) is 0 Å². The first-order chi connectivity index (χ1) is 29.7. The Labute approximate surface area is 385 Å². The van der Waals surface area contributed by atoms with E-state index >= 15 is 0 Å². The minimum Gasteiger partial charge on any atom is -0.455 e. The second-order valence-electron chi connectivity index (χ2n) is 19.4. The maximum atomic E-state index is 7.03. The number of aryl methyl sites for hydroxylation is 2. The molecule has 0 N–H and O–H groups in total. The van der Waals surface area contributed by atoms with Crippen LogP contribution in [-0.4, -0.2) is 16.6 Å². The van der Waals surface area contributed by atoms with E-state index in [1.54, 1.807) is 0 Å². The maximum absolute atomic E-state index is 7.03. The molecule has 0 saturated heterocycles. The maximum Gasteiger partial charge on any atom is 0.173 e. The summed E-state index contributed by atoms with van der Waals surface area (Å²) in [6, 6.07) is 34.9. The van der Waals surface area contributed by atoms with Crippen LogP contribution in [0.2, 0.25) is 38.3 Å². The van der Waals surface area contributed by atoms with Crippen LogP contribution in [0.5, 0.6) is 0 Å². The third kappa shape index (κ3) is 12.1. The molecule has 7 heteroatoms. The smallest absolute Gasteiger partial charge is 0.173 e. The number of thiophene rings is 4. The van der Waals surface area contributed by atoms with Crippen LogP contribution in [0.15, 0.2) is 84.9 Å². The van der Waals surface area contributed by atoms with Crippen molar-refractivity contribution in [3.8, 4) is 0 Å². The van der Waals surface area contributed by atoms with Gasteiger partial charge >= 0.3 is 0 Å². The van der Waals surface area contributed by atoms with Gasteiger partial charge in [-0.3, -0.25) is 0 Å². The molecular weight excluding hydrogens is 849 g/mol. The fraction of sp³-hybridized carbons (Fsp3) is 0.481. The Kier molecular flexibility index (Phi) is 16.0. The molecule has 0 aliphatic rings. The highest BCUT2D eigenvalue weighted by Gasteiger charge is 2.32. The van der Waals surface area contributed by atoms with Crippen molar-refractivity contribution >= 4 is 121 Å². The van der Waals surface area contributed by atoms with Crippen molar-refractivity contribution in [1.82, 2.24) is 0 Å². The largest absolute Gasteiger partial charge is 0.455 e. The van der Waals surface area contributed by atoms with Crippen LogP contribution in [0, 0.1) is 0 Å². The van der Waals surface area contributed by atoms with Gasteiger partial charge in [0.15, 0.2) is 16.6 Å². The Hall–Kier alpha value is -2.37. The monoisotopic (exact) mass is 918 g/mol. The summed E-state index contributed by atoms with van der Waals surface area (Å²) in [4.78, 5) is 0. The molecule has 4 heterocycles. The molecule has 0 unspecified atom stereocenters. The predicted molar refractivity (Wildman–Crippen MR) is 286 cm³/mol. The third-order valence-electron chi connectivity index (χ3n) is 13.1. The van der Waals surface area contributed by atoms with Crippen molar-refractivity contribution in [3.05, 3.63) is 96.1 Å². The van der Waals surface area contributed by atoms with E-state index in [1.165, 1.54) is 211 Å². The van der Waals surface area contributed by atoms with Gasteiger partial charge in [0.2, 0.25) is 0 Å². The van der Waals surface area contributed by atoms with Crippen molar-refractivity contribution in [2.45, 2.75) is 167 Å². The average Bonchev–Trinajstić information content (AvgIpc) is 3.99. The van der Waals surface area contributed by atoms with Crippen LogP contribution in [0.3, 0.4) is 0 Å². The lowest BCUT2D eigenvalue weighted by Gasteiger charge is -2.34. The second-order valence-corrected chi connectivity index (χ2v) is 32.4. The molecule has 0 fully saturated rings. The first-order valence-corrected chi connectivity index (χ1v) is 33.6. The molecule has 8 aromatic rings. The van der Waals surface area contributed by atoms with Gasteiger partial charge in [-0.2, -0.15) is 0 Å². The predicted octanol–water partition coefficient (Wildman–Crippen LogP) is 20.1. The van der Waals surface area contributed by atoms with Gasteiger partial charge in [0.25, 0.3) is 0 Å². The highest BCUT2D eigenvalue weighted by molar-refractivity contribution is 7.37. The first kappa shape index (κ1) is 45.2. The number of rotatable bonds is 26. The molecular formula is C54H70OS4Si2. The molecule has 8 rings (SSSR count). The van der Waals surface area contributed by atoms with Gasteiger partial charge in [-0.25, -0.2) is 0 Å². The van der Waals surface area contributed by atoms with Crippen molar-refractivity contribution in [1.29, 1.82) is 0 Å². The van der Waals surface area contributed by atoms with Crippen molar-refractivity contribution in [3.63, 3.8) is 0 Å². The molecule has 0 amide bonds. The van der Waals surface area contributed by atoms with E-state index in [0.29, 0.717) is 0 Å². The molecule has 0 aliphatic heterocycles. The standard InChI is InChI=1S/C54H70OS4Si2/c1-60(2,37-25-17-13-9-5-7-11-15-19-27-41-33-35-45-49(39-41)58-51-43-29-21-23-31-47(43)56-53(45)51)55-61(3,4)38-26-18-14-10-6-8-12-16-20-28-42-34-36-46-50(40-42)59-52-44-30-22-24-32-48(44)57-54(46)52/h21-24,29-36,39-40H,5-20,25-28,37-38H2,1-4H3. The minimum absolute atomic E-state index is 1.22. The Morgan fingerprint density at radius 3 is 1.05 bits per heavy atom. The number of hydrogen-bond acceptors (Lipinski definition) is 5. The highest BCUT2D eigenvalue weighted by atomic mass is 32.1. The van der Waals surface area contributed by atoms with Gasteiger partial charge < -0.3 is 4.12 Å². The molecule has 0 bridgehead atoms. The van der Waals surface area contributed by atoms with Crippen LogP contribution in [0.25, 0.3) is 59.1 Å². The zero-order valence-corrected chi connectivity index (χ0v) is 42.9. The number of unbranched alkanes of at least 4 members (excludes halogenated alkanes) is 16. The molecule has 0 radical (unpaired) electrons. The zero-order valence-electron chi connectivity index (χ0n) is 37.7. The molecule has 0 spiro atoms. The number of hydrogen-bond donors (Lipinski definition) is 0. The average molecular weight is 920 g/mol. The van der Waals surface area contributed by atoms with E-state index in [0.717, 1.165) is 0 Å². The van der Waals surface area contributed by atoms with Gasteiger partial charge in [-0.05, 0) is 99.4 Å². The molecule has 324 valence electrons. The Morgan fingerprint density at radius 2 is 0.656 bits per heavy atom. The summed E-state index contributed by atoms with van der Waals surface area (Å²) in [5.74, 6) is 0. The van der Waals surface area contributed by atoms with Crippen LogP contribution < -0.4 is 0 Å².